The minimum Gasteiger partial charge on any atom is -0.497 e. The van der Waals surface area contributed by atoms with Gasteiger partial charge in [-0.3, -0.25) is 0 Å². The Morgan fingerprint density at radius 3 is 2.63 bits per heavy atom. The van der Waals surface area contributed by atoms with E-state index in [-0.39, 0.29) is 0 Å². The van der Waals surface area contributed by atoms with Crippen LogP contribution in [0.15, 0.2) is 18.2 Å². The highest BCUT2D eigenvalue weighted by molar-refractivity contribution is 5.40. The lowest BCUT2D eigenvalue weighted by Crippen LogP contribution is -2.37. The summed E-state index contributed by atoms with van der Waals surface area (Å²) in [6.45, 7) is 0. The lowest BCUT2D eigenvalue weighted by Gasteiger charge is -2.31. The number of hydrogen-bond acceptors (Lipinski definition) is 3. The maximum atomic E-state index is 5.48. The molecule has 1 N–H and O–H groups in total. The minimum atomic E-state index is 0.629. The van der Waals surface area contributed by atoms with E-state index >= 15 is 0 Å². The lowest BCUT2D eigenvalue weighted by atomic mass is 9.80. The Morgan fingerprint density at radius 1 is 1.16 bits per heavy atom. The zero-order chi connectivity index (χ0) is 13.7. The van der Waals surface area contributed by atoms with Gasteiger partial charge in [0.2, 0.25) is 0 Å². The molecule has 2 rings (SSSR count). The van der Waals surface area contributed by atoms with Gasteiger partial charge in [0.05, 0.1) is 14.2 Å². The van der Waals surface area contributed by atoms with Gasteiger partial charge < -0.3 is 14.8 Å². The van der Waals surface area contributed by atoms with Crippen LogP contribution in [-0.2, 0) is 6.42 Å². The smallest absolute Gasteiger partial charge is 0.122 e. The van der Waals surface area contributed by atoms with Crippen molar-refractivity contribution in [1.29, 1.82) is 0 Å². The zero-order valence-electron chi connectivity index (χ0n) is 12.2. The molecule has 0 heterocycles. The second-order valence-corrected chi connectivity index (χ2v) is 5.32. The molecule has 1 aromatic rings. The molecule has 2 atom stereocenters. The molecule has 0 bridgehead atoms. The fraction of sp³-hybridized carbons (Fsp3) is 0.625. The van der Waals surface area contributed by atoms with Crippen LogP contribution in [0.5, 0.6) is 11.5 Å². The van der Waals surface area contributed by atoms with Gasteiger partial charge in [0.1, 0.15) is 11.5 Å². The van der Waals surface area contributed by atoms with Crippen molar-refractivity contribution in [2.45, 2.75) is 38.1 Å². The van der Waals surface area contributed by atoms with E-state index in [0.29, 0.717) is 12.0 Å². The second kappa shape index (κ2) is 6.80. The van der Waals surface area contributed by atoms with Gasteiger partial charge in [0, 0.05) is 6.04 Å². The highest BCUT2D eigenvalue weighted by Gasteiger charge is 2.24. The van der Waals surface area contributed by atoms with Crippen LogP contribution in [-0.4, -0.2) is 27.3 Å². The van der Waals surface area contributed by atoms with Gasteiger partial charge in [-0.05, 0) is 56.0 Å². The molecule has 3 nitrogen and oxygen atoms in total. The molecular formula is C16H25NO2. The summed E-state index contributed by atoms with van der Waals surface area (Å²) in [4.78, 5) is 0. The van der Waals surface area contributed by atoms with Crippen LogP contribution in [0.25, 0.3) is 0 Å². The molecule has 106 valence electrons. The van der Waals surface area contributed by atoms with Crippen molar-refractivity contribution < 1.29 is 9.47 Å². The largest absolute Gasteiger partial charge is 0.497 e. The van der Waals surface area contributed by atoms with Crippen molar-refractivity contribution in [3.63, 3.8) is 0 Å². The van der Waals surface area contributed by atoms with E-state index in [4.69, 9.17) is 9.47 Å². The molecule has 19 heavy (non-hydrogen) atoms. The first-order chi connectivity index (χ1) is 9.28. The third kappa shape index (κ3) is 3.41. The van der Waals surface area contributed by atoms with Crippen LogP contribution in [0.1, 0.15) is 31.2 Å². The predicted molar refractivity (Wildman–Crippen MR) is 78.1 cm³/mol. The van der Waals surface area contributed by atoms with Gasteiger partial charge in [0.25, 0.3) is 0 Å². The molecule has 0 aromatic heterocycles. The first-order valence-electron chi connectivity index (χ1n) is 7.16. The van der Waals surface area contributed by atoms with Gasteiger partial charge in [-0.1, -0.05) is 12.8 Å². The molecule has 1 saturated carbocycles. The van der Waals surface area contributed by atoms with Crippen molar-refractivity contribution in [2.75, 3.05) is 21.3 Å². The molecular weight excluding hydrogens is 238 g/mol. The van der Waals surface area contributed by atoms with Crippen LogP contribution < -0.4 is 14.8 Å². The lowest BCUT2D eigenvalue weighted by molar-refractivity contribution is 0.270. The third-order valence-corrected chi connectivity index (χ3v) is 4.25. The maximum absolute atomic E-state index is 5.48. The number of benzene rings is 1. The van der Waals surface area contributed by atoms with Crippen molar-refractivity contribution in [2.24, 2.45) is 5.92 Å². The predicted octanol–water partition coefficient (Wildman–Crippen LogP) is 3.02. The van der Waals surface area contributed by atoms with Gasteiger partial charge in [-0.15, -0.1) is 0 Å². The maximum Gasteiger partial charge on any atom is 0.122 e. The number of nitrogens with one attached hydrogen (secondary N) is 1. The van der Waals surface area contributed by atoms with Crippen molar-refractivity contribution in [3.05, 3.63) is 23.8 Å². The molecule has 1 aliphatic rings. The highest BCUT2D eigenvalue weighted by Crippen LogP contribution is 2.32. The summed E-state index contributed by atoms with van der Waals surface area (Å²) in [6.07, 6.45) is 6.33. The van der Waals surface area contributed by atoms with Gasteiger partial charge in [-0.25, -0.2) is 0 Å². The van der Waals surface area contributed by atoms with Crippen LogP contribution in [0.2, 0.25) is 0 Å². The highest BCUT2D eigenvalue weighted by atomic mass is 16.5. The Balaban J connectivity index is 2.16. The minimum absolute atomic E-state index is 0.629. The van der Waals surface area contributed by atoms with Crippen LogP contribution in [0.4, 0.5) is 0 Å². The molecule has 0 radical (unpaired) electrons. The van der Waals surface area contributed by atoms with E-state index in [1.807, 2.05) is 12.1 Å². The van der Waals surface area contributed by atoms with E-state index in [0.717, 1.165) is 17.9 Å². The summed E-state index contributed by atoms with van der Waals surface area (Å²) in [6, 6.07) is 6.70. The van der Waals surface area contributed by atoms with E-state index in [9.17, 15) is 0 Å². The third-order valence-electron chi connectivity index (χ3n) is 4.25. The monoisotopic (exact) mass is 263 g/mol. The fourth-order valence-corrected chi connectivity index (χ4v) is 3.16. The quantitative estimate of drug-likeness (QED) is 0.885. The second-order valence-electron chi connectivity index (χ2n) is 5.32. The molecule has 1 fully saturated rings. The molecule has 0 saturated heterocycles. The van der Waals surface area contributed by atoms with Gasteiger partial charge in [0.15, 0.2) is 0 Å². The van der Waals surface area contributed by atoms with Crippen molar-refractivity contribution in [3.8, 4) is 11.5 Å². The van der Waals surface area contributed by atoms with Crippen molar-refractivity contribution in [1.82, 2.24) is 5.32 Å². The standard InChI is InChI=1S/C16H25NO2/c1-17-15-7-5-4-6-12(15)10-13-11-14(18-2)8-9-16(13)19-3/h8-9,11-12,15,17H,4-7,10H2,1-3H3. The van der Waals surface area contributed by atoms with Crippen LogP contribution in [0, 0.1) is 5.92 Å². The average molecular weight is 263 g/mol. The summed E-state index contributed by atoms with van der Waals surface area (Å²) in [5.41, 5.74) is 1.26. The summed E-state index contributed by atoms with van der Waals surface area (Å²) in [5.74, 6) is 2.58. The number of rotatable bonds is 5. The molecule has 0 aliphatic heterocycles. The number of ether oxygens (including phenoxy) is 2. The van der Waals surface area contributed by atoms with Crippen LogP contribution >= 0.6 is 0 Å². The Labute approximate surface area is 116 Å². The fourth-order valence-electron chi connectivity index (χ4n) is 3.16. The number of methoxy groups -OCH3 is 2. The SMILES string of the molecule is CNC1CCCCC1Cc1cc(OC)ccc1OC. The normalized spacial score (nSPS) is 23.1. The van der Waals surface area contributed by atoms with Crippen molar-refractivity contribution >= 4 is 0 Å². The molecule has 0 spiro atoms. The summed E-state index contributed by atoms with van der Waals surface area (Å²) >= 11 is 0. The zero-order valence-corrected chi connectivity index (χ0v) is 12.2. The molecule has 3 heteroatoms. The Kier molecular flexibility index (Phi) is 5.08. The van der Waals surface area contributed by atoms with E-state index in [1.54, 1.807) is 14.2 Å². The Hall–Kier alpha value is -1.22. The van der Waals surface area contributed by atoms with Gasteiger partial charge >= 0.3 is 0 Å². The van der Waals surface area contributed by atoms with E-state index in [2.05, 4.69) is 18.4 Å². The summed E-state index contributed by atoms with van der Waals surface area (Å²) in [7, 11) is 5.52. The summed E-state index contributed by atoms with van der Waals surface area (Å²) in [5, 5.41) is 3.47. The summed E-state index contributed by atoms with van der Waals surface area (Å²) < 4.78 is 10.8. The Bertz CT molecular complexity index is 406. The van der Waals surface area contributed by atoms with E-state index in [1.165, 1.54) is 31.2 Å². The topological polar surface area (TPSA) is 30.5 Å². The molecule has 1 aromatic carbocycles. The van der Waals surface area contributed by atoms with Gasteiger partial charge in [-0.2, -0.15) is 0 Å². The number of hydrogen-bond donors (Lipinski definition) is 1. The Morgan fingerprint density at radius 2 is 1.95 bits per heavy atom. The molecule has 2 unspecified atom stereocenters. The first kappa shape index (κ1) is 14.2. The van der Waals surface area contributed by atoms with E-state index < -0.39 is 0 Å². The molecule has 1 aliphatic carbocycles. The average Bonchev–Trinajstić information content (AvgIpc) is 2.47. The first-order valence-corrected chi connectivity index (χ1v) is 7.16. The van der Waals surface area contributed by atoms with Crippen LogP contribution in [0.3, 0.4) is 0 Å². The molecule has 0 amide bonds.